The fourth-order valence-corrected chi connectivity index (χ4v) is 2.69. The van der Waals surface area contributed by atoms with Crippen LogP contribution >= 0.6 is 11.6 Å². The first-order valence-corrected chi connectivity index (χ1v) is 6.44. The van der Waals surface area contributed by atoms with Gasteiger partial charge in [-0.1, -0.05) is 6.92 Å². The highest BCUT2D eigenvalue weighted by Gasteiger charge is 2.39. The van der Waals surface area contributed by atoms with Crippen molar-refractivity contribution in [2.75, 3.05) is 0 Å². The smallest absolute Gasteiger partial charge is 0.220 e. The van der Waals surface area contributed by atoms with Crippen LogP contribution in [0.1, 0.15) is 51.9 Å². The van der Waals surface area contributed by atoms with Gasteiger partial charge < -0.3 is 5.32 Å². The van der Waals surface area contributed by atoms with Crippen molar-refractivity contribution < 1.29 is 4.79 Å². The van der Waals surface area contributed by atoms with Crippen LogP contribution in [0.2, 0.25) is 0 Å². The minimum Gasteiger partial charge on any atom is -0.353 e. The van der Waals surface area contributed by atoms with E-state index in [2.05, 4.69) is 12.2 Å². The molecule has 2 saturated carbocycles. The Morgan fingerprint density at radius 3 is 2.80 bits per heavy atom. The minimum atomic E-state index is 0.228. The molecule has 0 aromatic rings. The quantitative estimate of drug-likeness (QED) is 0.741. The molecule has 0 aromatic heterocycles. The molecular formula is C12H20ClNO. The lowest BCUT2D eigenvalue weighted by Gasteiger charge is -2.26. The second-order valence-electron chi connectivity index (χ2n) is 5.52. The maximum atomic E-state index is 11.7. The molecule has 2 aliphatic carbocycles. The summed E-state index contributed by atoms with van der Waals surface area (Å²) in [7, 11) is 0. The molecule has 2 fully saturated rings. The predicted octanol–water partition coefficient (Wildman–Crippen LogP) is 2.84. The summed E-state index contributed by atoms with van der Waals surface area (Å²) in [5.74, 6) is 0.228. The zero-order valence-corrected chi connectivity index (χ0v) is 10.1. The first kappa shape index (κ1) is 11.3. The minimum absolute atomic E-state index is 0.228. The van der Waals surface area contributed by atoms with Gasteiger partial charge in [-0.3, -0.25) is 4.79 Å². The van der Waals surface area contributed by atoms with Gasteiger partial charge in [0.05, 0.1) is 0 Å². The number of hydrogen-bond acceptors (Lipinski definition) is 1. The molecule has 2 unspecified atom stereocenters. The lowest BCUT2D eigenvalue weighted by molar-refractivity contribution is -0.123. The van der Waals surface area contributed by atoms with Gasteiger partial charge in [0, 0.05) is 17.8 Å². The van der Waals surface area contributed by atoms with Crippen molar-refractivity contribution >= 4 is 17.5 Å². The highest BCUT2D eigenvalue weighted by molar-refractivity contribution is 6.20. The third-order valence-corrected chi connectivity index (χ3v) is 4.06. The largest absolute Gasteiger partial charge is 0.353 e. The summed E-state index contributed by atoms with van der Waals surface area (Å²) in [6, 6.07) is 0.330. The zero-order valence-electron chi connectivity index (χ0n) is 9.39. The standard InChI is InChI=1S/C12H20ClNO/c1-12(5-6-12)8-11(15)14-10-4-2-3-9(13)7-10/h9-10H,2-8H2,1H3,(H,14,15). The van der Waals surface area contributed by atoms with Crippen molar-refractivity contribution in [3.05, 3.63) is 0 Å². The SMILES string of the molecule is CC1(CC(=O)NC2CCCC(Cl)C2)CC1. The average Bonchev–Trinajstić information content (AvgIpc) is 2.82. The summed E-state index contributed by atoms with van der Waals surface area (Å²) >= 11 is 6.09. The van der Waals surface area contributed by atoms with E-state index in [-0.39, 0.29) is 11.3 Å². The normalized spacial score (nSPS) is 33.5. The van der Waals surface area contributed by atoms with Crippen LogP contribution in [0.3, 0.4) is 0 Å². The Morgan fingerprint density at radius 1 is 1.47 bits per heavy atom. The van der Waals surface area contributed by atoms with Crippen molar-refractivity contribution in [2.24, 2.45) is 5.41 Å². The predicted molar refractivity (Wildman–Crippen MR) is 62.0 cm³/mol. The lowest BCUT2D eigenvalue weighted by atomic mass is 9.94. The van der Waals surface area contributed by atoms with Crippen LogP contribution < -0.4 is 5.32 Å². The van der Waals surface area contributed by atoms with Crippen LogP contribution in [-0.4, -0.2) is 17.3 Å². The van der Waals surface area contributed by atoms with Crippen LogP contribution in [0.25, 0.3) is 0 Å². The Kier molecular flexibility index (Phi) is 3.24. The molecule has 0 aromatic carbocycles. The van der Waals surface area contributed by atoms with Gasteiger partial charge >= 0.3 is 0 Å². The Labute approximate surface area is 96.8 Å². The molecule has 2 atom stereocenters. The molecule has 3 heteroatoms. The summed E-state index contributed by atoms with van der Waals surface area (Å²) in [6.07, 6.45) is 7.43. The molecule has 0 bridgehead atoms. The Hall–Kier alpha value is -0.240. The fourth-order valence-electron chi connectivity index (χ4n) is 2.32. The number of halogens is 1. The molecule has 2 rings (SSSR count). The van der Waals surface area contributed by atoms with E-state index < -0.39 is 0 Å². The molecule has 2 nitrogen and oxygen atoms in total. The van der Waals surface area contributed by atoms with Gasteiger partial charge in [0.2, 0.25) is 5.91 Å². The summed E-state index contributed by atoms with van der Waals surface area (Å²) in [4.78, 5) is 11.7. The number of hydrogen-bond donors (Lipinski definition) is 1. The monoisotopic (exact) mass is 229 g/mol. The molecule has 86 valence electrons. The molecule has 0 heterocycles. The molecule has 1 amide bonds. The van der Waals surface area contributed by atoms with Crippen molar-refractivity contribution in [3.8, 4) is 0 Å². The number of rotatable bonds is 3. The molecule has 0 radical (unpaired) electrons. The maximum Gasteiger partial charge on any atom is 0.220 e. The summed E-state index contributed by atoms with van der Waals surface area (Å²) < 4.78 is 0. The van der Waals surface area contributed by atoms with Crippen LogP contribution in [-0.2, 0) is 4.79 Å². The Bertz CT molecular complexity index is 250. The molecule has 2 aliphatic rings. The summed E-state index contributed by atoms with van der Waals surface area (Å²) in [6.45, 7) is 2.19. The van der Waals surface area contributed by atoms with Gasteiger partial charge in [0.25, 0.3) is 0 Å². The van der Waals surface area contributed by atoms with E-state index >= 15 is 0 Å². The molecule has 0 saturated heterocycles. The molecule has 0 spiro atoms. The molecule has 15 heavy (non-hydrogen) atoms. The van der Waals surface area contributed by atoms with Crippen LogP contribution in [0.4, 0.5) is 0 Å². The van der Waals surface area contributed by atoms with Crippen LogP contribution in [0.5, 0.6) is 0 Å². The van der Waals surface area contributed by atoms with Gasteiger partial charge in [-0.15, -0.1) is 11.6 Å². The first-order valence-electron chi connectivity index (χ1n) is 6.01. The number of nitrogens with one attached hydrogen (secondary N) is 1. The van der Waals surface area contributed by atoms with E-state index in [1.165, 1.54) is 12.8 Å². The van der Waals surface area contributed by atoms with Crippen molar-refractivity contribution in [1.82, 2.24) is 5.32 Å². The van der Waals surface area contributed by atoms with Crippen molar-refractivity contribution in [2.45, 2.75) is 63.3 Å². The topological polar surface area (TPSA) is 29.1 Å². The second-order valence-corrected chi connectivity index (χ2v) is 6.13. The number of carbonyl (C=O) groups excluding carboxylic acids is 1. The van der Waals surface area contributed by atoms with E-state index in [1.54, 1.807) is 0 Å². The summed E-state index contributed by atoms with van der Waals surface area (Å²) in [5, 5.41) is 3.39. The Balaban J connectivity index is 1.73. The van der Waals surface area contributed by atoms with E-state index in [4.69, 9.17) is 11.6 Å². The van der Waals surface area contributed by atoms with Crippen LogP contribution in [0.15, 0.2) is 0 Å². The summed E-state index contributed by atoms with van der Waals surface area (Å²) in [5.41, 5.74) is 0.319. The van der Waals surface area contributed by atoms with Crippen LogP contribution in [0, 0.1) is 5.41 Å². The van der Waals surface area contributed by atoms with Crippen molar-refractivity contribution in [1.29, 1.82) is 0 Å². The van der Waals surface area contributed by atoms with E-state index in [1.807, 2.05) is 0 Å². The van der Waals surface area contributed by atoms with Gasteiger partial charge in [-0.2, -0.15) is 0 Å². The van der Waals surface area contributed by atoms with E-state index in [0.717, 1.165) is 25.7 Å². The highest BCUT2D eigenvalue weighted by Crippen LogP contribution is 2.48. The van der Waals surface area contributed by atoms with Gasteiger partial charge in [-0.05, 0) is 43.9 Å². The van der Waals surface area contributed by atoms with E-state index in [9.17, 15) is 4.79 Å². The van der Waals surface area contributed by atoms with Gasteiger partial charge in [-0.25, -0.2) is 0 Å². The van der Waals surface area contributed by atoms with Crippen molar-refractivity contribution in [3.63, 3.8) is 0 Å². The fraction of sp³-hybridized carbons (Fsp3) is 0.917. The average molecular weight is 230 g/mol. The number of alkyl halides is 1. The third kappa shape index (κ3) is 3.37. The van der Waals surface area contributed by atoms with Gasteiger partial charge in [0.15, 0.2) is 0 Å². The van der Waals surface area contributed by atoms with E-state index in [0.29, 0.717) is 17.9 Å². The number of amides is 1. The first-order chi connectivity index (χ1) is 7.07. The number of carbonyl (C=O) groups is 1. The molecular weight excluding hydrogens is 210 g/mol. The third-order valence-electron chi connectivity index (χ3n) is 3.67. The lowest BCUT2D eigenvalue weighted by Crippen LogP contribution is -2.39. The second kappa shape index (κ2) is 4.32. The van der Waals surface area contributed by atoms with Gasteiger partial charge in [0.1, 0.15) is 0 Å². The zero-order chi connectivity index (χ0) is 10.9. The molecule has 1 N–H and O–H groups in total. The Morgan fingerprint density at radius 2 is 2.20 bits per heavy atom. The highest BCUT2D eigenvalue weighted by atomic mass is 35.5. The molecule has 0 aliphatic heterocycles. The maximum absolute atomic E-state index is 11.7.